The third kappa shape index (κ3) is 5.07. The van der Waals surface area contributed by atoms with E-state index in [0.29, 0.717) is 0 Å². The smallest absolute Gasteiger partial charge is 0.319 e. The van der Waals surface area contributed by atoms with E-state index in [1.54, 1.807) is 6.92 Å². The van der Waals surface area contributed by atoms with Crippen LogP contribution in [-0.4, -0.2) is 40.5 Å². The van der Waals surface area contributed by atoms with Crippen molar-refractivity contribution >= 4 is 23.7 Å². The molecule has 0 aromatic carbocycles. The van der Waals surface area contributed by atoms with Gasteiger partial charge in [-0.2, -0.15) is 0 Å². The largest absolute Gasteiger partial charge is 0.481 e. The summed E-state index contributed by atoms with van der Waals surface area (Å²) in [6.07, 6.45) is -1.33. The molecule has 0 spiro atoms. The molecule has 7 heteroatoms. The maximum absolute atomic E-state index is 11.9. The van der Waals surface area contributed by atoms with E-state index in [0.717, 1.165) is 6.92 Å². The summed E-state index contributed by atoms with van der Waals surface area (Å²) >= 11 is 0. The first-order valence-electron chi connectivity index (χ1n) is 5.88. The number of hydrogen-bond donors (Lipinski definition) is 2. The lowest BCUT2D eigenvalue weighted by atomic mass is 9.75. The van der Waals surface area contributed by atoms with Crippen LogP contribution in [0.4, 0.5) is 0 Å². The zero-order valence-corrected chi connectivity index (χ0v) is 11.0. The third-order valence-electron chi connectivity index (χ3n) is 2.87. The number of rotatable bonds is 9. The van der Waals surface area contributed by atoms with Crippen molar-refractivity contribution in [3.05, 3.63) is 0 Å². The monoisotopic (exact) mass is 274 g/mol. The number of aliphatic carboxylic acids is 2. The first-order valence-corrected chi connectivity index (χ1v) is 5.88. The SMILES string of the molecule is CCOC(=O)C(CCC(=O)O)(CCC(=O)O)C(C)=O. The fourth-order valence-corrected chi connectivity index (χ4v) is 1.73. The van der Waals surface area contributed by atoms with Gasteiger partial charge >= 0.3 is 17.9 Å². The summed E-state index contributed by atoms with van der Waals surface area (Å²) in [5, 5.41) is 17.3. The van der Waals surface area contributed by atoms with E-state index < -0.39 is 41.9 Å². The van der Waals surface area contributed by atoms with Crippen LogP contribution in [0.1, 0.15) is 39.5 Å². The highest BCUT2D eigenvalue weighted by Gasteiger charge is 2.44. The Morgan fingerprint density at radius 3 is 1.68 bits per heavy atom. The van der Waals surface area contributed by atoms with Crippen LogP contribution in [0.25, 0.3) is 0 Å². The minimum atomic E-state index is -1.69. The molecule has 19 heavy (non-hydrogen) atoms. The zero-order valence-electron chi connectivity index (χ0n) is 11.0. The summed E-state index contributed by atoms with van der Waals surface area (Å²) in [6.45, 7) is 2.73. The minimum Gasteiger partial charge on any atom is -0.481 e. The normalized spacial score (nSPS) is 10.8. The van der Waals surface area contributed by atoms with Crippen LogP contribution in [0.15, 0.2) is 0 Å². The van der Waals surface area contributed by atoms with Gasteiger partial charge in [0.1, 0.15) is 11.2 Å². The highest BCUT2D eigenvalue weighted by molar-refractivity contribution is 6.03. The molecule has 2 N–H and O–H groups in total. The third-order valence-corrected chi connectivity index (χ3v) is 2.87. The average Bonchev–Trinajstić information content (AvgIpc) is 2.28. The van der Waals surface area contributed by atoms with Crippen molar-refractivity contribution in [2.75, 3.05) is 6.61 Å². The number of carboxylic acids is 2. The second kappa shape index (κ2) is 7.50. The van der Waals surface area contributed by atoms with Crippen molar-refractivity contribution in [1.82, 2.24) is 0 Å². The van der Waals surface area contributed by atoms with E-state index in [4.69, 9.17) is 14.9 Å². The number of carbonyl (C=O) groups excluding carboxylic acids is 2. The van der Waals surface area contributed by atoms with Crippen molar-refractivity contribution in [2.45, 2.75) is 39.5 Å². The summed E-state index contributed by atoms with van der Waals surface area (Å²) in [6, 6.07) is 0. The maximum atomic E-state index is 11.9. The van der Waals surface area contributed by atoms with E-state index in [-0.39, 0.29) is 19.4 Å². The molecule has 7 nitrogen and oxygen atoms in total. The lowest BCUT2D eigenvalue weighted by Gasteiger charge is -2.27. The number of ether oxygens (including phenoxy) is 1. The number of esters is 1. The molecule has 0 aliphatic heterocycles. The maximum Gasteiger partial charge on any atom is 0.319 e. The van der Waals surface area contributed by atoms with Crippen molar-refractivity contribution in [2.24, 2.45) is 5.41 Å². The molecule has 108 valence electrons. The highest BCUT2D eigenvalue weighted by atomic mass is 16.5. The molecule has 0 rings (SSSR count). The molecule has 0 saturated heterocycles. The van der Waals surface area contributed by atoms with Crippen LogP contribution in [-0.2, 0) is 23.9 Å². The molecule has 0 aromatic rings. The average molecular weight is 274 g/mol. The van der Waals surface area contributed by atoms with Gasteiger partial charge in [-0.3, -0.25) is 19.2 Å². The van der Waals surface area contributed by atoms with Crippen LogP contribution < -0.4 is 0 Å². The van der Waals surface area contributed by atoms with Crippen molar-refractivity contribution in [3.63, 3.8) is 0 Å². The van der Waals surface area contributed by atoms with E-state index in [1.807, 2.05) is 0 Å². The fourth-order valence-electron chi connectivity index (χ4n) is 1.73. The molecule has 0 unspecified atom stereocenters. The number of hydrogen-bond acceptors (Lipinski definition) is 5. The van der Waals surface area contributed by atoms with Crippen molar-refractivity contribution < 1.29 is 34.1 Å². The van der Waals surface area contributed by atoms with Gasteiger partial charge in [0.15, 0.2) is 0 Å². The van der Waals surface area contributed by atoms with Gasteiger partial charge in [-0.05, 0) is 26.7 Å². The van der Waals surface area contributed by atoms with Gasteiger partial charge in [0.25, 0.3) is 0 Å². The van der Waals surface area contributed by atoms with E-state index in [2.05, 4.69) is 0 Å². The zero-order chi connectivity index (χ0) is 15.1. The summed E-state index contributed by atoms with van der Waals surface area (Å²) in [5.74, 6) is -3.76. The Bertz CT molecular complexity index is 354. The molecular weight excluding hydrogens is 256 g/mol. The van der Waals surface area contributed by atoms with Crippen LogP contribution in [0.5, 0.6) is 0 Å². The fraction of sp³-hybridized carbons (Fsp3) is 0.667. The Hall–Kier alpha value is -1.92. The second-order valence-electron chi connectivity index (χ2n) is 4.15. The van der Waals surface area contributed by atoms with Crippen molar-refractivity contribution in [1.29, 1.82) is 0 Å². The standard InChI is InChI=1S/C12H18O7/c1-3-19-11(18)12(8(2)13,6-4-9(14)15)7-5-10(16)17/h3-7H2,1-2H3,(H,14,15)(H,16,17). The van der Waals surface area contributed by atoms with Crippen LogP contribution in [0.3, 0.4) is 0 Å². The second-order valence-corrected chi connectivity index (χ2v) is 4.15. The van der Waals surface area contributed by atoms with Gasteiger partial charge in [0.05, 0.1) is 6.61 Å². The molecule has 0 aliphatic rings. The lowest BCUT2D eigenvalue weighted by Crippen LogP contribution is -2.40. The Morgan fingerprint density at radius 1 is 1.00 bits per heavy atom. The number of carbonyl (C=O) groups is 4. The molecule has 0 radical (unpaired) electrons. The molecule has 0 atom stereocenters. The number of Topliss-reactive ketones (excluding diaryl/α,β-unsaturated/α-hetero) is 1. The van der Waals surface area contributed by atoms with Crippen molar-refractivity contribution in [3.8, 4) is 0 Å². The van der Waals surface area contributed by atoms with Gasteiger partial charge < -0.3 is 14.9 Å². The predicted molar refractivity (Wildman–Crippen MR) is 63.5 cm³/mol. The van der Waals surface area contributed by atoms with E-state index >= 15 is 0 Å². The summed E-state index contributed by atoms with van der Waals surface area (Å²) < 4.78 is 4.79. The Balaban J connectivity index is 5.20. The lowest BCUT2D eigenvalue weighted by molar-refractivity contribution is -0.161. The molecule has 0 bridgehead atoms. The first-order chi connectivity index (χ1) is 8.76. The Morgan fingerprint density at radius 2 is 1.42 bits per heavy atom. The highest BCUT2D eigenvalue weighted by Crippen LogP contribution is 2.33. The summed E-state index contributed by atoms with van der Waals surface area (Å²) in [7, 11) is 0. The molecule has 0 fully saturated rings. The minimum absolute atomic E-state index is 0.0357. The Kier molecular flexibility index (Phi) is 6.74. The van der Waals surface area contributed by atoms with Crippen LogP contribution in [0, 0.1) is 5.41 Å². The van der Waals surface area contributed by atoms with Gasteiger partial charge in [-0.1, -0.05) is 0 Å². The van der Waals surface area contributed by atoms with Gasteiger partial charge in [-0.15, -0.1) is 0 Å². The van der Waals surface area contributed by atoms with Crippen LogP contribution in [0.2, 0.25) is 0 Å². The van der Waals surface area contributed by atoms with E-state index in [1.165, 1.54) is 0 Å². The molecule has 0 aromatic heterocycles. The molecule has 0 saturated carbocycles. The van der Waals surface area contributed by atoms with Crippen LogP contribution >= 0.6 is 0 Å². The molecule has 0 amide bonds. The summed E-state index contributed by atoms with van der Waals surface area (Å²) in [5.41, 5.74) is -1.69. The van der Waals surface area contributed by atoms with Gasteiger partial charge in [0, 0.05) is 12.8 Å². The van der Waals surface area contributed by atoms with Gasteiger partial charge in [-0.25, -0.2) is 0 Å². The number of carboxylic acid groups (broad SMARTS) is 2. The molecule has 0 aliphatic carbocycles. The summed E-state index contributed by atoms with van der Waals surface area (Å²) in [4.78, 5) is 44.8. The first kappa shape index (κ1) is 17.1. The Labute approximate surface area is 110 Å². The topological polar surface area (TPSA) is 118 Å². The predicted octanol–water partition coefficient (Wildman–Crippen LogP) is 0.855. The molecule has 0 heterocycles. The quantitative estimate of drug-likeness (QED) is 0.472. The molecular formula is C12H18O7. The van der Waals surface area contributed by atoms with E-state index in [9.17, 15) is 19.2 Å². The number of ketones is 1. The van der Waals surface area contributed by atoms with Gasteiger partial charge in [0.2, 0.25) is 0 Å².